The van der Waals surface area contributed by atoms with Gasteiger partial charge in [-0.25, -0.2) is 39.1 Å². The third-order valence-corrected chi connectivity index (χ3v) is 20.8. The maximum atomic E-state index is 12.6. The summed E-state index contributed by atoms with van der Waals surface area (Å²) in [6.45, 7) is 45.3. The van der Waals surface area contributed by atoms with E-state index in [2.05, 4.69) is 187 Å². The summed E-state index contributed by atoms with van der Waals surface area (Å²) >= 11 is 0. The Hall–Kier alpha value is -15.3. The molecule has 0 amide bonds. The summed E-state index contributed by atoms with van der Waals surface area (Å²) in [6.07, 6.45) is 23.4. The van der Waals surface area contributed by atoms with Crippen LogP contribution >= 0.6 is 0 Å². The Morgan fingerprint density at radius 1 is 0.504 bits per heavy atom. The first kappa shape index (κ1) is 101. The second kappa shape index (κ2) is 46.8. The first-order valence-electron chi connectivity index (χ1n) is 42.8. The number of carbonyl (C=O) groups is 1. The standard InChI is InChI=1S/2C24H29N10.C22H23N7O4.C20H18N8O2.2Mn/c1-7-9-12-16(8-2)21-29-31-23-19(20(24(3,4)5)32-34(21)23)28-30-22-17(25-6)15-27-33(22)18-13-10-11-14-26-18;1-6-8-11-16(7-2)21-30-31-23-19(20(24(3,4)5)32-34(21)23)28-29-22-17(14-25)15-27-33(22)18-12-9-10-13-26-18;1-5-7-12-28-20(30)17(23-4)14(3)18(21(28)31)26-27-19-15(22(32)33-6-2)13-25-29(19)16-10-8-9-11-24-16;1-3-4-9-27-19(29)15(11-22)13(2)17(20(27)30)25-26-18-14(10-21)12-24-28(18)16-7-5-6-8-23-16;;/h10-11,13-16H,7-9,12H2,1-5H3;9-10,12-13,15-16H,6-8,11H2,1-5H3;8-11,13,31H,5-7,12H2,1-3H3;5-8,12,30H,3-4,9H2,1-2H3;;/q2*-1;;;;+2. The third kappa shape index (κ3) is 22.7. The maximum Gasteiger partial charge on any atom is 2.00 e. The van der Waals surface area contributed by atoms with E-state index in [9.17, 15) is 40.4 Å². The van der Waals surface area contributed by atoms with Gasteiger partial charge in [-0.1, -0.05) is 146 Å². The first-order chi connectivity index (χ1) is 63.2. The average Bonchev–Trinajstić information content (AvgIpc) is 1.58. The van der Waals surface area contributed by atoms with E-state index in [-0.39, 0.29) is 145 Å². The molecule has 0 saturated carbocycles. The number of aromatic hydroxyl groups is 2. The maximum absolute atomic E-state index is 12.6. The van der Waals surface area contributed by atoms with Gasteiger partial charge in [0, 0.05) is 94.3 Å². The van der Waals surface area contributed by atoms with Gasteiger partial charge in [0.25, 0.3) is 22.5 Å². The number of aromatic nitrogens is 22. The largest absolute Gasteiger partial charge is 2.00 e. The third-order valence-electron chi connectivity index (χ3n) is 20.8. The van der Waals surface area contributed by atoms with Gasteiger partial charge in [0.05, 0.1) is 55.9 Å². The van der Waals surface area contributed by atoms with E-state index in [4.69, 9.17) is 28.1 Å². The number of hydrogen-bond donors (Lipinski definition) is 2. The number of azo groups is 4. The van der Waals surface area contributed by atoms with Crippen LogP contribution in [0.2, 0.25) is 0 Å². The minimum atomic E-state index is -0.649. The monoisotopic (exact) mass is 1880 g/mol. The van der Waals surface area contributed by atoms with Crippen LogP contribution in [0.15, 0.2) is 173 Å². The molecule has 41 nitrogen and oxygen atoms in total. The van der Waals surface area contributed by atoms with E-state index in [1.165, 1.54) is 57.4 Å². The molecule has 43 heteroatoms. The van der Waals surface area contributed by atoms with Crippen molar-refractivity contribution in [1.82, 2.24) is 108 Å². The summed E-state index contributed by atoms with van der Waals surface area (Å²) in [7, 11) is 0. The Morgan fingerprint density at radius 3 is 1.26 bits per heavy atom. The van der Waals surface area contributed by atoms with Gasteiger partial charge in [-0.15, -0.1) is 40.9 Å². The molecule has 2 N–H and O–H groups in total. The van der Waals surface area contributed by atoms with Crippen LogP contribution < -0.4 is 21.3 Å². The van der Waals surface area contributed by atoms with E-state index in [0.29, 0.717) is 76.0 Å². The van der Waals surface area contributed by atoms with Crippen LogP contribution in [-0.4, -0.2) is 120 Å². The molecule has 684 valence electrons. The molecule has 0 fully saturated rings. The van der Waals surface area contributed by atoms with Gasteiger partial charge in [0.15, 0.2) is 52.2 Å². The molecule has 0 aliphatic carbocycles. The number of fused-ring (bicyclic) bond motifs is 2. The van der Waals surface area contributed by atoms with Gasteiger partial charge in [0.1, 0.15) is 57.5 Å². The van der Waals surface area contributed by atoms with Crippen LogP contribution in [0, 0.1) is 61.0 Å². The van der Waals surface area contributed by atoms with E-state index < -0.39 is 23.0 Å². The molecule has 14 aromatic rings. The van der Waals surface area contributed by atoms with Crippen molar-refractivity contribution in [2.24, 2.45) is 40.9 Å². The molecular formula is C90H99Mn2N35O6. The van der Waals surface area contributed by atoms with Gasteiger partial charge in [-0.2, -0.15) is 50.2 Å². The van der Waals surface area contributed by atoms with Gasteiger partial charge >= 0.3 is 23.0 Å². The SMILES string of the molecule is CCCCC(CC)c1n[n-]c2c(N=Nc3c(C#N)cnn3-c3ccccn3)c(C(C)(C)C)nn12.CCCCn1c(O)c(N=Nc2c(C#N)cnn2-c2ccccn2)c(C)c(C#N)c1=O.[C-]#[N+]c1c(C)c(N=Nc2c(C(=O)OCC)cnn2-c2ccccn2)c(O)n(CCCC)c1=O.[C-]#[N+]c1cnn(-c2ccccn2)c1N=Nc1c(C(C)(C)C)nn2c(C(CC)CCCC)n[n-]c12.[Mn+2].[Mn]. The Morgan fingerprint density at radius 2 is 0.887 bits per heavy atom. The number of nitriles is 3. The fourth-order valence-electron chi connectivity index (χ4n) is 13.7. The van der Waals surface area contributed by atoms with Crippen LogP contribution in [0.1, 0.15) is 240 Å². The van der Waals surface area contributed by atoms with E-state index in [1.807, 2.05) is 59.3 Å². The molecule has 14 rings (SSSR count). The van der Waals surface area contributed by atoms with Gasteiger partial charge < -0.3 is 34.2 Å². The Labute approximate surface area is 787 Å². The molecule has 0 aliphatic heterocycles. The summed E-state index contributed by atoms with van der Waals surface area (Å²) in [4.78, 5) is 61.5. The van der Waals surface area contributed by atoms with Crippen molar-refractivity contribution in [3.63, 3.8) is 0 Å². The minimum Gasteiger partial charge on any atom is -0.493 e. The molecule has 0 aliphatic rings. The molecule has 14 heterocycles. The normalized spacial score (nSPS) is 11.8. The molecule has 133 heavy (non-hydrogen) atoms. The fourth-order valence-corrected chi connectivity index (χ4v) is 13.7. The molecular weight excluding hydrogens is 1780 g/mol. The number of carbonyl (C=O) groups excluding carboxylic acids is 1. The molecule has 0 aromatic carbocycles. The summed E-state index contributed by atoms with van der Waals surface area (Å²) in [6, 6.07) is 27.3. The number of esters is 1. The average molecular weight is 1880 g/mol. The van der Waals surface area contributed by atoms with E-state index in [0.717, 1.165) is 96.4 Å². The number of pyridine rings is 6. The van der Waals surface area contributed by atoms with Crippen molar-refractivity contribution in [3.05, 3.63) is 222 Å². The van der Waals surface area contributed by atoms with Crippen LogP contribution in [0.3, 0.4) is 0 Å². The number of nitrogens with zero attached hydrogens (tertiary/aromatic N) is 35. The Kier molecular flexibility index (Phi) is 35.7. The summed E-state index contributed by atoms with van der Waals surface area (Å²) in [5.41, 5.74) is 2.93. The molecule has 2 radical (unpaired) electrons. The zero-order valence-electron chi connectivity index (χ0n) is 76.2. The summed E-state index contributed by atoms with van der Waals surface area (Å²) in [5.74, 6) is 3.51. The predicted molar refractivity (Wildman–Crippen MR) is 484 cm³/mol. The molecule has 14 aromatic heterocycles. The van der Waals surface area contributed by atoms with Crippen molar-refractivity contribution < 1.29 is 53.9 Å². The Bertz CT molecular complexity index is 6630. The predicted octanol–water partition coefficient (Wildman–Crippen LogP) is 19.5. The van der Waals surface area contributed by atoms with E-state index >= 15 is 0 Å². The van der Waals surface area contributed by atoms with Gasteiger partial charge in [-0.3, -0.25) is 39.1 Å². The van der Waals surface area contributed by atoms with Crippen molar-refractivity contribution >= 4 is 74.7 Å². The summed E-state index contributed by atoms with van der Waals surface area (Å²) < 4.78 is 16.6. The van der Waals surface area contributed by atoms with Crippen molar-refractivity contribution in [3.8, 4) is 53.2 Å². The molecule has 0 bridgehead atoms. The fraction of sp³-hybridized carbons (Fsp3) is 0.378. The second-order valence-corrected chi connectivity index (χ2v) is 31.9. The smallest absolute Gasteiger partial charge is 0.493 e. The summed E-state index contributed by atoms with van der Waals surface area (Å²) in [5, 5.41) is 129. The molecule has 0 spiro atoms. The van der Waals surface area contributed by atoms with Crippen LogP contribution in [0.4, 0.5) is 57.4 Å². The minimum absolute atomic E-state index is 0. The van der Waals surface area contributed by atoms with Crippen LogP contribution in [0.25, 0.3) is 44.3 Å². The zero-order chi connectivity index (χ0) is 94.2. The number of ether oxygens (including phenoxy) is 1. The van der Waals surface area contributed by atoms with E-state index in [1.54, 1.807) is 80.2 Å². The zero-order valence-corrected chi connectivity index (χ0v) is 78.6. The molecule has 0 saturated heterocycles. The van der Waals surface area contributed by atoms with Gasteiger partial charge in [-0.05, 0) is 125 Å². The quantitative estimate of drug-likeness (QED) is 0.0183. The van der Waals surface area contributed by atoms with Crippen molar-refractivity contribution in [1.29, 1.82) is 15.8 Å². The van der Waals surface area contributed by atoms with Crippen LogP contribution in [-0.2, 0) is 62.8 Å². The first-order valence-corrected chi connectivity index (χ1v) is 42.8. The number of hydrogen-bond acceptors (Lipinski definition) is 29. The molecule has 2 unspecified atom stereocenters. The van der Waals surface area contributed by atoms with Gasteiger partial charge in [0.2, 0.25) is 11.8 Å². The second-order valence-electron chi connectivity index (χ2n) is 31.9. The van der Waals surface area contributed by atoms with Crippen LogP contribution in [0.5, 0.6) is 11.8 Å². The number of unbranched alkanes of at least 4 members (excludes halogenated alkanes) is 4. The van der Waals surface area contributed by atoms with Crippen molar-refractivity contribution in [2.45, 2.75) is 217 Å². The Balaban J connectivity index is 0.000000199. The van der Waals surface area contributed by atoms with Crippen molar-refractivity contribution in [2.75, 3.05) is 6.61 Å². The molecule has 2 atom stereocenters. The topological polar surface area (TPSA) is 501 Å². The number of rotatable bonds is 30.